The highest BCUT2D eigenvalue weighted by atomic mass is 32.1. The first-order valence-corrected chi connectivity index (χ1v) is 8.65. The predicted molar refractivity (Wildman–Crippen MR) is 113 cm³/mol. The minimum Gasteiger partial charge on any atom is -0.331 e. The van der Waals surface area contributed by atoms with E-state index in [1.807, 2.05) is 60.7 Å². The van der Waals surface area contributed by atoms with E-state index in [0.29, 0.717) is 5.11 Å². The number of anilines is 1. The van der Waals surface area contributed by atoms with Crippen molar-refractivity contribution in [2.75, 3.05) is 5.32 Å². The summed E-state index contributed by atoms with van der Waals surface area (Å²) in [7, 11) is 0. The molecule has 3 aromatic carbocycles. The van der Waals surface area contributed by atoms with Gasteiger partial charge < -0.3 is 5.32 Å². The van der Waals surface area contributed by atoms with E-state index in [-0.39, 0.29) is 0 Å². The molecule has 0 amide bonds. The lowest BCUT2D eigenvalue weighted by Crippen LogP contribution is -2.23. The maximum atomic E-state index is 5.27. The third kappa shape index (κ3) is 3.38. The van der Waals surface area contributed by atoms with Crippen LogP contribution in [-0.2, 0) is 0 Å². The van der Waals surface area contributed by atoms with E-state index >= 15 is 0 Å². The van der Waals surface area contributed by atoms with E-state index in [1.165, 1.54) is 0 Å². The Kier molecular flexibility index (Phi) is 4.53. The molecule has 4 nitrogen and oxygen atoms in total. The Balaban J connectivity index is 1.60. The van der Waals surface area contributed by atoms with Crippen LogP contribution in [0.3, 0.4) is 0 Å². The minimum absolute atomic E-state index is 0.428. The molecule has 0 saturated heterocycles. The highest BCUT2D eigenvalue weighted by molar-refractivity contribution is 7.80. The highest BCUT2D eigenvalue weighted by Gasteiger charge is 2.06. The number of hydrogen-bond donors (Lipinski definition) is 2. The normalized spacial score (nSPS) is 11.1. The van der Waals surface area contributed by atoms with Crippen molar-refractivity contribution in [1.29, 1.82) is 0 Å². The van der Waals surface area contributed by atoms with Gasteiger partial charge in [-0.25, -0.2) is 4.98 Å². The summed E-state index contributed by atoms with van der Waals surface area (Å²) in [6.45, 7) is 0. The second kappa shape index (κ2) is 7.29. The topological polar surface area (TPSA) is 49.3 Å². The molecule has 5 heteroatoms. The molecule has 0 atom stereocenters. The van der Waals surface area contributed by atoms with Crippen LogP contribution >= 0.6 is 12.2 Å². The molecule has 0 bridgehead atoms. The summed E-state index contributed by atoms with van der Waals surface area (Å²) in [6.07, 6.45) is 1.70. The molecule has 126 valence electrons. The summed E-state index contributed by atoms with van der Waals surface area (Å²) < 4.78 is 0. The van der Waals surface area contributed by atoms with E-state index in [1.54, 1.807) is 6.21 Å². The van der Waals surface area contributed by atoms with Crippen LogP contribution in [-0.4, -0.2) is 16.3 Å². The molecule has 0 unspecified atom stereocenters. The van der Waals surface area contributed by atoms with Crippen molar-refractivity contribution < 1.29 is 0 Å². The fourth-order valence-electron chi connectivity index (χ4n) is 2.86. The minimum atomic E-state index is 0.428. The van der Waals surface area contributed by atoms with Gasteiger partial charge in [-0.2, -0.15) is 5.10 Å². The number of aromatic nitrogens is 1. The molecule has 0 aliphatic heterocycles. The van der Waals surface area contributed by atoms with Crippen LogP contribution in [0.25, 0.3) is 21.7 Å². The zero-order valence-corrected chi connectivity index (χ0v) is 14.7. The molecule has 4 aromatic rings. The first-order chi connectivity index (χ1) is 12.8. The molecule has 0 aliphatic carbocycles. The number of benzene rings is 3. The zero-order valence-electron chi connectivity index (χ0n) is 13.9. The first kappa shape index (κ1) is 16.2. The molecule has 0 spiro atoms. The van der Waals surface area contributed by atoms with Crippen LogP contribution in [0.15, 0.2) is 84.0 Å². The summed E-state index contributed by atoms with van der Waals surface area (Å²) in [4.78, 5) is 4.73. The van der Waals surface area contributed by atoms with Crippen molar-refractivity contribution in [2.45, 2.75) is 0 Å². The van der Waals surface area contributed by atoms with Crippen LogP contribution in [0.1, 0.15) is 5.69 Å². The standard InChI is InChI=1S/C21H16N4S/c26-21(23-15-8-2-1-3-9-15)25-22-14-20-18-12-5-4-10-16(18)17-11-6-7-13-19(17)24-20/h1-14H,(H2,23,25,26). The number of pyridine rings is 1. The Morgan fingerprint density at radius 1 is 0.808 bits per heavy atom. The van der Waals surface area contributed by atoms with Crippen molar-refractivity contribution in [3.63, 3.8) is 0 Å². The van der Waals surface area contributed by atoms with Gasteiger partial charge in [0.2, 0.25) is 0 Å². The van der Waals surface area contributed by atoms with Gasteiger partial charge in [0.1, 0.15) is 0 Å². The van der Waals surface area contributed by atoms with Gasteiger partial charge in [0, 0.05) is 16.5 Å². The van der Waals surface area contributed by atoms with Crippen LogP contribution in [0.2, 0.25) is 0 Å². The second-order valence-corrected chi connectivity index (χ2v) is 6.16. The van der Waals surface area contributed by atoms with Crippen LogP contribution in [0, 0.1) is 0 Å². The number of fused-ring (bicyclic) bond motifs is 3. The number of para-hydroxylation sites is 2. The number of nitrogens with one attached hydrogen (secondary N) is 2. The molecule has 26 heavy (non-hydrogen) atoms. The monoisotopic (exact) mass is 356 g/mol. The Morgan fingerprint density at radius 2 is 1.46 bits per heavy atom. The van der Waals surface area contributed by atoms with Gasteiger partial charge in [-0.1, -0.05) is 60.7 Å². The third-order valence-corrected chi connectivity index (χ3v) is 4.22. The molecule has 2 N–H and O–H groups in total. The van der Waals surface area contributed by atoms with Crippen molar-refractivity contribution in [2.24, 2.45) is 5.10 Å². The lowest BCUT2D eigenvalue weighted by molar-refractivity contribution is 1.05. The van der Waals surface area contributed by atoms with Gasteiger partial charge in [-0.15, -0.1) is 0 Å². The van der Waals surface area contributed by atoms with Crippen molar-refractivity contribution in [3.05, 3.63) is 84.6 Å². The van der Waals surface area contributed by atoms with Gasteiger partial charge in [0.05, 0.1) is 17.4 Å². The lowest BCUT2D eigenvalue weighted by Gasteiger charge is -2.08. The molecule has 1 aromatic heterocycles. The number of rotatable bonds is 3. The quantitative estimate of drug-likeness (QED) is 0.242. The average Bonchev–Trinajstić information content (AvgIpc) is 2.69. The Labute approximate surface area is 156 Å². The number of hydrazone groups is 1. The summed E-state index contributed by atoms with van der Waals surface area (Å²) in [5.41, 5.74) is 5.50. The fraction of sp³-hybridized carbons (Fsp3) is 0. The Bertz CT molecular complexity index is 1110. The number of nitrogens with zero attached hydrogens (tertiary/aromatic N) is 2. The number of hydrogen-bond acceptors (Lipinski definition) is 3. The van der Waals surface area contributed by atoms with Crippen LogP contribution < -0.4 is 10.7 Å². The van der Waals surface area contributed by atoms with Gasteiger partial charge in [-0.3, -0.25) is 5.43 Å². The summed E-state index contributed by atoms with van der Waals surface area (Å²) in [6, 6.07) is 26.0. The first-order valence-electron chi connectivity index (χ1n) is 8.24. The number of thiocarbonyl (C=S) groups is 1. The maximum Gasteiger partial charge on any atom is 0.191 e. The van der Waals surface area contributed by atoms with Crippen molar-refractivity contribution in [3.8, 4) is 0 Å². The molecular weight excluding hydrogens is 340 g/mol. The van der Waals surface area contributed by atoms with Gasteiger partial charge in [0.25, 0.3) is 0 Å². The van der Waals surface area contributed by atoms with E-state index in [0.717, 1.165) is 33.1 Å². The molecule has 1 heterocycles. The van der Waals surface area contributed by atoms with E-state index in [9.17, 15) is 0 Å². The highest BCUT2D eigenvalue weighted by Crippen LogP contribution is 2.25. The predicted octanol–water partition coefficient (Wildman–Crippen LogP) is 4.71. The molecule has 4 rings (SSSR count). The summed E-state index contributed by atoms with van der Waals surface area (Å²) in [5.74, 6) is 0. The molecule has 0 radical (unpaired) electrons. The van der Waals surface area contributed by atoms with E-state index in [4.69, 9.17) is 17.2 Å². The van der Waals surface area contributed by atoms with E-state index < -0.39 is 0 Å². The molecular formula is C21H16N4S. The summed E-state index contributed by atoms with van der Waals surface area (Å²) in [5, 5.41) is 11.1. The largest absolute Gasteiger partial charge is 0.331 e. The average molecular weight is 356 g/mol. The Morgan fingerprint density at radius 3 is 2.27 bits per heavy atom. The molecule has 0 aliphatic rings. The summed E-state index contributed by atoms with van der Waals surface area (Å²) >= 11 is 5.27. The SMILES string of the molecule is S=C(NN=Cc1nc2ccccc2c2ccccc12)Nc1ccccc1. The van der Waals surface area contributed by atoms with Crippen LogP contribution in [0.5, 0.6) is 0 Å². The molecule has 0 fully saturated rings. The van der Waals surface area contributed by atoms with Crippen molar-refractivity contribution in [1.82, 2.24) is 10.4 Å². The van der Waals surface area contributed by atoms with Gasteiger partial charge >= 0.3 is 0 Å². The van der Waals surface area contributed by atoms with Crippen LogP contribution in [0.4, 0.5) is 5.69 Å². The van der Waals surface area contributed by atoms with Crippen molar-refractivity contribution >= 4 is 50.9 Å². The fourth-order valence-corrected chi connectivity index (χ4v) is 3.03. The molecule has 0 saturated carbocycles. The Hall–Kier alpha value is -3.31. The second-order valence-electron chi connectivity index (χ2n) is 5.75. The van der Waals surface area contributed by atoms with Gasteiger partial charge in [-0.05, 0) is 35.8 Å². The maximum absolute atomic E-state index is 5.27. The van der Waals surface area contributed by atoms with Gasteiger partial charge in [0.15, 0.2) is 5.11 Å². The third-order valence-electron chi connectivity index (χ3n) is 4.02. The lowest BCUT2D eigenvalue weighted by atomic mass is 10.0. The zero-order chi connectivity index (χ0) is 17.8. The van der Waals surface area contributed by atoms with E-state index in [2.05, 4.69) is 34.0 Å². The smallest absolute Gasteiger partial charge is 0.191 e.